The molecule has 2 fully saturated rings. The summed E-state index contributed by atoms with van der Waals surface area (Å²) in [6, 6.07) is 17.9. The largest absolute Gasteiger partial charge is 0.325 e. The first kappa shape index (κ1) is 23.2. The molecule has 11 nitrogen and oxygen atoms in total. The minimum atomic E-state index is -0.916. The third-order valence-electron chi connectivity index (χ3n) is 6.41. The third-order valence-corrected chi connectivity index (χ3v) is 6.41. The van der Waals surface area contributed by atoms with E-state index >= 15 is 0 Å². The normalized spacial score (nSPS) is 16.6. The number of urea groups is 1. The number of hydrazine groups is 1. The predicted molar refractivity (Wildman–Crippen MR) is 128 cm³/mol. The molecule has 0 unspecified atom stereocenters. The Balaban J connectivity index is 1.27. The summed E-state index contributed by atoms with van der Waals surface area (Å²) in [6.07, 6.45) is 3.82. The van der Waals surface area contributed by atoms with E-state index in [9.17, 15) is 19.2 Å². The van der Waals surface area contributed by atoms with E-state index in [1.165, 1.54) is 0 Å². The van der Waals surface area contributed by atoms with Crippen LogP contribution < -0.4 is 16.2 Å². The molecule has 11 heteroatoms. The highest BCUT2D eigenvalue weighted by molar-refractivity contribution is 6.09. The molecule has 1 spiro atoms. The van der Waals surface area contributed by atoms with E-state index < -0.39 is 35.8 Å². The van der Waals surface area contributed by atoms with Crippen LogP contribution >= 0.6 is 0 Å². The lowest BCUT2D eigenvalue weighted by molar-refractivity contribution is -0.136. The van der Waals surface area contributed by atoms with Crippen molar-refractivity contribution in [1.29, 1.82) is 0 Å². The van der Waals surface area contributed by atoms with Gasteiger partial charge in [-0.15, -0.1) is 5.10 Å². The Morgan fingerprint density at radius 2 is 1.58 bits per heavy atom. The molecule has 5 rings (SSSR count). The zero-order valence-corrected chi connectivity index (χ0v) is 19.4. The van der Waals surface area contributed by atoms with Crippen LogP contribution in [-0.4, -0.2) is 55.5 Å². The maximum Gasteiger partial charge on any atom is 0.325 e. The van der Waals surface area contributed by atoms with E-state index in [4.69, 9.17) is 0 Å². The van der Waals surface area contributed by atoms with Crippen LogP contribution in [0.4, 0.5) is 4.79 Å². The van der Waals surface area contributed by atoms with E-state index in [1.807, 2.05) is 60.7 Å². The second-order valence-corrected chi connectivity index (χ2v) is 8.84. The molecule has 3 aromatic rings. The Labute approximate surface area is 206 Å². The van der Waals surface area contributed by atoms with Gasteiger partial charge < -0.3 is 5.32 Å². The molecule has 0 bridgehead atoms. The number of carbonyl (C=O) groups is 4. The Morgan fingerprint density at radius 1 is 0.917 bits per heavy atom. The second-order valence-electron chi connectivity index (χ2n) is 8.84. The van der Waals surface area contributed by atoms with Gasteiger partial charge >= 0.3 is 11.9 Å². The highest BCUT2D eigenvalue weighted by atomic mass is 16.2. The monoisotopic (exact) mass is 487 g/mol. The third kappa shape index (κ3) is 4.42. The molecule has 5 amide bonds. The Kier molecular flexibility index (Phi) is 6.19. The van der Waals surface area contributed by atoms with Crippen molar-refractivity contribution in [1.82, 2.24) is 35.8 Å². The fourth-order valence-corrected chi connectivity index (χ4v) is 4.61. The first-order chi connectivity index (χ1) is 17.5. The molecule has 3 N–H and O–H groups in total. The maximum atomic E-state index is 12.9. The van der Waals surface area contributed by atoms with Crippen molar-refractivity contribution >= 4 is 23.8 Å². The number of rotatable bonds is 5. The zero-order chi connectivity index (χ0) is 25.1. The number of nitrogens with zero attached hydrogens (tertiary/aromatic N) is 4. The van der Waals surface area contributed by atoms with Gasteiger partial charge in [-0.2, -0.15) is 0 Å². The van der Waals surface area contributed by atoms with Crippen LogP contribution in [-0.2, 0) is 9.59 Å². The van der Waals surface area contributed by atoms with E-state index in [1.54, 1.807) is 4.68 Å². The van der Waals surface area contributed by atoms with Crippen molar-refractivity contribution in [2.24, 2.45) is 0 Å². The lowest BCUT2D eigenvalue weighted by Crippen LogP contribution is -2.50. The van der Waals surface area contributed by atoms with E-state index in [0.29, 0.717) is 24.4 Å². The summed E-state index contributed by atoms with van der Waals surface area (Å²) < 4.78 is 1.54. The van der Waals surface area contributed by atoms with Crippen LogP contribution in [0.15, 0.2) is 60.7 Å². The van der Waals surface area contributed by atoms with Gasteiger partial charge in [0.2, 0.25) is 5.82 Å². The molecule has 184 valence electrons. The van der Waals surface area contributed by atoms with Gasteiger partial charge in [-0.1, -0.05) is 67.8 Å². The van der Waals surface area contributed by atoms with Gasteiger partial charge in [0.1, 0.15) is 12.1 Å². The van der Waals surface area contributed by atoms with Crippen LogP contribution in [0.2, 0.25) is 0 Å². The van der Waals surface area contributed by atoms with Crippen LogP contribution in [0.3, 0.4) is 0 Å². The Bertz CT molecular complexity index is 1240. The first-order valence-electron chi connectivity index (χ1n) is 11.8. The number of nitrogens with one attached hydrogen (secondary N) is 3. The van der Waals surface area contributed by atoms with Crippen LogP contribution in [0.25, 0.3) is 17.1 Å². The van der Waals surface area contributed by atoms with Crippen molar-refractivity contribution in [2.75, 3.05) is 6.54 Å². The number of imide groups is 1. The average molecular weight is 488 g/mol. The molecule has 1 aliphatic heterocycles. The van der Waals surface area contributed by atoms with Crippen LogP contribution in [0, 0.1) is 0 Å². The SMILES string of the molecule is O=C(CN1C(=O)NC2(CCCCC2)C1=O)NNC(=O)c1nc(-c2ccccc2)n(-c2ccccc2)n1. The zero-order valence-electron chi connectivity index (χ0n) is 19.4. The summed E-state index contributed by atoms with van der Waals surface area (Å²) in [5.41, 5.74) is 5.07. The van der Waals surface area contributed by atoms with Gasteiger partial charge in [-0.3, -0.25) is 30.1 Å². The maximum absolute atomic E-state index is 12.9. The predicted octanol–water partition coefficient (Wildman–Crippen LogP) is 1.95. The molecule has 2 aromatic carbocycles. The van der Waals surface area contributed by atoms with Gasteiger partial charge in [0.05, 0.1) is 5.69 Å². The van der Waals surface area contributed by atoms with Gasteiger partial charge in [0.25, 0.3) is 11.8 Å². The molecule has 1 saturated carbocycles. The van der Waals surface area contributed by atoms with E-state index in [2.05, 4.69) is 26.3 Å². The van der Waals surface area contributed by atoms with Crippen molar-refractivity contribution < 1.29 is 19.2 Å². The number of hydrogen-bond acceptors (Lipinski definition) is 6. The molecule has 0 atom stereocenters. The summed E-state index contributed by atoms with van der Waals surface area (Å²) in [6.45, 7) is -0.506. The van der Waals surface area contributed by atoms with Gasteiger partial charge in [0.15, 0.2) is 5.82 Å². The van der Waals surface area contributed by atoms with Crippen molar-refractivity contribution in [3.63, 3.8) is 0 Å². The van der Waals surface area contributed by atoms with Gasteiger partial charge in [-0.25, -0.2) is 14.5 Å². The molecule has 2 heterocycles. The quantitative estimate of drug-likeness (QED) is 0.371. The lowest BCUT2D eigenvalue weighted by atomic mass is 9.82. The van der Waals surface area contributed by atoms with E-state index in [-0.39, 0.29) is 5.82 Å². The summed E-state index contributed by atoms with van der Waals surface area (Å²) in [7, 11) is 0. The summed E-state index contributed by atoms with van der Waals surface area (Å²) in [5.74, 6) is -1.56. The van der Waals surface area contributed by atoms with Crippen LogP contribution in [0.5, 0.6) is 0 Å². The Morgan fingerprint density at radius 3 is 2.28 bits per heavy atom. The smallest absolute Gasteiger partial charge is 0.323 e. The van der Waals surface area contributed by atoms with Crippen molar-refractivity contribution in [3.8, 4) is 17.1 Å². The number of benzene rings is 2. The summed E-state index contributed by atoms with van der Waals surface area (Å²) >= 11 is 0. The number of amides is 5. The van der Waals surface area contributed by atoms with Gasteiger partial charge in [0, 0.05) is 5.56 Å². The number of para-hydroxylation sites is 1. The summed E-state index contributed by atoms with van der Waals surface area (Å²) in [4.78, 5) is 55.7. The lowest BCUT2D eigenvalue weighted by Gasteiger charge is -2.30. The Hall–Kier alpha value is -4.54. The van der Waals surface area contributed by atoms with E-state index in [0.717, 1.165) is 29.7 Å². The fraction of sp³-hybridized carbons (Fsp3) is 0.280. The van der Waals surface area contributed by atoms with Gasteiger partial charge in [-0.05, 0) is 25.0 Å². The molecular weight excluding hydrogens is 462 g/mol. The highest BCUT2D eigenvalue weighted by Crippen LogP contribution is 2.33. The average Bonchev–Trinajstić information content (AvgIpc) is 3.45. The molecule has 0 radical (unpaired) electrons. The molecule has 1 aliphatic carbocycles. The topological polar surface area (TPSA) is 138 Å². The van der Waals surface area contributed by atoms with Crippen molar-refractivity contribution in [3.05, 3.63) is 66.5 Å². The molecule has 1 aromatic heterocycles. The highest BCUT2D eigenvalue weighted by Gasteiger charge is 2.51. The number of carbonyl (C=O) groups excluding carboxylic acids is 4. The molecule has 36 heavy (non-hydrogen) atoms. The standard InChI is InChI=1S/C25H25N7O4/c33-19(16-31-23(35)25(27-24(31)36)14-8-3-9-15-25)28-29-22(34)20-26-21(17-10-4-1-5-11-17)32(30-20)18-12-6-2-7-13-18/h1-2,4-7,10-13H,3,8-9,14-16H2,(H,27,36)(H,28,33)(H,29,34). The first-order valence-corrected chi connectivity index (χ1v) is 11.8. The number of aromatic nitrogens is 3. The molecule has 1 saturated heterocycles. The minimum absolute atomic E-state index is 0.158. The summed E-state index contributed by atoms with van der Waals surface area (Å²) in [5, 5.41) is 7.09. The molecule has 2 aliphatic rings. The minimum Gasteiger partial charge on any atom is -0.323 e. The fourth-order valence-electron chi connectivity index (χ4n) is 4.61. The number of hydrogen-bond donors (Lipinski definition) is 3. The molecular formula is C25H25N7O4. The second kappa shape index (κ2) is 9.61. The van der Waals surface area contributed by atoms with Crippen LogP contribution in [0.1, 0.15) is 42.7 Å². The van der Waals surface area contributed by atoms with Crippen molar-refractivity contribution in [2.45, 2.75) is 37.6 Å².